The number of pyridine rings is 1. The van der Waals surface area contributed by atoms with Gasteiger partial charge in [0, 0.05) is 33.4 Å². The third-order valence-electron chi connectivity index (χ3n) is 5.18. The van der Waals surface area contributed by atoms with E-state index in [4.69, 9.17) is 19.2 Å². The first-order chi connectivity index (χ1) is 11.7. The number of aromatic nitrogens is 1. The maximum absolute atomic E-state index is 12.1. The molecule has 7 heteroatoms. The summed E-state index contributed by atoms with van der Waals surface area (Å²) >= 11 is 0. The van der Waals surface area contributed by atoms with Crippen molar-refractivity contribution in [3.05, 3.63) is 22.9 Å². The van der Waals surface area contributed by atoms with E-state index < -0.39 is 6.29 Å². The van der Waals surface area contributed by atoms with Crippen LogP contribution in [0.25, 0.3) is 0 Å². The van der Waals surface area contributed by atoms with Gasteiger partial charge in [0.05, 0.1) is 6.61 Å². The average Bonchev–Trinajstić information content (AvgIpc) is 2.57. The van der Waals surface area contributed by atoms with E-state index in [1.54, 1.807) is 14.2 Å². The molecule has 0 aromatic carbocycles. The number of anilines is 1. The summed E-state index contributed by atoms with van der Waals surface area (Å²) in [4.78, 5) is 18.7. The third kappa shape index (κ3) is 2.66. The lowest BCUT2D eigenvalue weighted by atomic mass is 9.72. The van der Waals surface area contributed by atoms with Crippen LogP contribution >= 0.6 is 0 Å². The summed E-state index contributed by atoms with van der Waals surface area (Å²) in [5, 5.41) is 3.49. The summed E-state index contributed by atoms with van der Waals surface area (Å²) < 4.78 is 16.1. The highest BCUT2D eigenvalue weighted by molar-refractivity contribution is 5.78. The second kappa shape index (κ2) is 6.31. The van der Waals surface area contributed by atoms with Crippen molar-refractivity contribution < 1.29 is 19.0 Å². The van der Waals surface area contributed by atoms with E-state index in [0.717, 1.165) is 17.1 Å². The molecule has 2 bridgehead atoms. The van der Waals surface area contributed by atoms with Gasteiger partial charge in [-0.2, -0.15) is 0 Å². The third-order valence-corrected chi connectivity index (χ3v) is 5.18. The van der Waals surface area contributed by atoms with Crippen LogP contribution in [0, 0.1) is 0 Å². The fourth-order valence-electron chi connectivity index (χ4n) is 3.77. The van der Waals surface area contributed by atoms with Crippen molar-refractivity contribution in [2.24, 2.45) is 0 Å². The molecule has 1 aliphatic carbocycles. The summed E-state index contributed by atoms with van der Waals surface area (Å²) in [6, 6.07) is 2.72. The van der Waals surface area contributed by atoms with Gasteiger partial charge in [0.25, 0.3) is 0 Å². The summed E-state index contributed by atoms with van der Waals surface area (Å²) in [7, 11) is 3.20. The molecule has 1 amide bonds. The maximum atomic E-state index is 12.1. The molecule has 0 radical (unpaired) electrons. The minimum atomic E-state index is -0.540. The fourth-order valence-corrected chi connectivity index (χ4v) is 3.77. The molecule has 0 unspecified atom stereocenters. The first-order valence-corrected chi connectivity index (χ1v) is 8.41. The summed E-state index contributed by atoms with van der Waals surface area (Å²) in [5.41, 5.74) is 2.99. The van der Waals surface area contributed by atoms with E-state index in [-0.39, 0.29) is 12.5 Å². The lowest BCUT2D eigenvalue weighted by molar-refractivity contribution is -0.143. The molecule has 3 aliphatic heterocycles. The molecule has 4 heterocycles. The van der Waals surface area contributed by atoms with Gasteiger partial charge in [-0.15, -0.1) is 0 Å². The second-order valence-electron chi connectivity index (χ2n) is 6.65. The molecule has 4 aliphatic rings. The zero-order valence-electron chi connectivity index (χ0n) is 14.1. The van der Waals surface area contributed by atoms with E-state index >= 15 is 0 Å². The van der Waals surface area contributed by atoms with E-state index in [1.807, 2.05) is 4.90 Å². The molecular weight excluding hydrogens is 310 g/mol. The average molecular weight is 333 g/mol. The van der Waals surface area contributed by atoms with Gasteiger partial charge in [-0.25, -0.2) is 4.98 Å². The highest BCUT2D eigenvalue weighted by atomic mass is 16.7. The molecule has 1 saturated carbocycles. The van der Waals surface area contributed by atoms with Crippen molar-refractivity contribution in [2.45, 2.75) is 37.6 Å². The predicted molar refractivity (Wildman–Crippen MR) is 86.6 cm³/mol. The van der Waals surface area contributed by atoms with E-state index in [1.165, 1.54) is 18.4 Å². The fraction of sp³-hybridized carbons (Fsp3) is 0.647. The lowest BCUT2D eigenvalue weighted by Gasteiger charge is -2.43. The summed E-state index contributed by atoms with van der Waals surface area (Å²) in [6.07, 6.45) is 1.80. The standard InChI is InChI=1S/C17H23N3O4/c1-22-17(23-2)15-11(8-20-3-4-24-9-14(20)21)7-13-10-5-12(6-10)18-16(13)19-15/h7,10,12,17H,3-6,8-9H2,1-2H3,(H,18,19). The van der Waals surface area contributed by atoms with Gasteiger partial charge in [-0.1, -0.05) is 0 Å². The van der Waals surface area contributed by atoms with Crippen LogP contribution in [0.2, 0.25) is 0 Å². The van der Waals surface area contributed by atoms with Crippen molar-refractivity contribution in [3.8, 4) is 0 Å². The number of carbonyl (C=O) groups excluding carboxylic acids is 1. The molecule has 7 nitrogen and oxygen atoms in total. The Hall–Kier alpha value is -1.70. The zero-order chi connectivity index (χ0) is 16.7. The van der Waals surface area contributed by atoms with Crippen LogP contribution < -0.4 is 5.32 Å². The van der Waals surface area contributed by atoms with Gasteiger partial charge in [-0.05, 0) is 36.0 Å². The van der Waals surface area contributed by atoms with Gasteiger partial charge in [0.15, 0.2) is 0 Å². The Morgan fingerprint density at radius 2 is 2.21 bits per heavy atom. The molecule has 130 valence electrons. The number of nitrogens with one attached hydrogen (secondary N) is 1. The number of amides is 1. The van der Waals surface area contributed by atoms with E-state index in [0.29, 0.717) is 31.7 Å². The minimum absolute atomic E-state index is 0.0122. The first kappa shape index (κ1) is 15.8. The quantitative estimate of drug-likeness (QED) is 0.821. The Morgan fingerprint density at radius 1 is 1.42 bits per heavy atom. The molecular formula is C17H23N3O4. The molecule has 1 N–H and O–H groups in total. The number of methoxy groups -OCH3 is 2. The van der Waals surface area contributed by atoms with Gasteiger partial charge in [-0.3, -0.25) is 4.79 Å². The SMILES string of the molecule is COC(OC)c1nc2c(cc1CN1CCOCC1=O)C1CC(C1)N2. The second-order valence-corrected chi connectivity index (χ2v) is 6.65. The molecule has 1 aromatic heterocycles. The van der Waals surface area contributed by atoms with Gasteiger partial charge in [0.2, 0.25) is 12.2 Å². The molecule has 24 heavy (non-hydrogen) atoms. The summed E-state index contributed by atoms with van der Waals surface area (Å²) in [5.74, 6) is 1.53. The van der Waals surface area contributed by atoms with Crippen molar-refractivity contribution in [1.82, 2.24) is 9.88 Å². The van der Waals surface area contributed by atoms with Crippen LogP contribution in [-0.4, -0.2) is 55.8 Å². The number of rotatable bonds is 5. The van der Waals surface area contributed by atoms with Gasteiger partial charge in [0.1, 0.15) is 18.1 Å². The number of nitrogens with zero attached hydrogens (tertiary/aromatic N) is 2. The molecule has 5 rings (SSSR count). The van der Waals surface area contributed by atoms with Crippen molar-refractivity contribution in [2.75, 3.05) is 39.3 Å². The largest absolute Gasteiger partial charge is 0.370 e. The Morgan fingerprint density at radius 3 is 2.92 bits per heavy atom. The van der Waals surface area contributed by atoms with Gasteiger partial charge < -0.3 is 24.4 Å². The number of ether oxygens (including phenoxy) is 3. The molecule has 0 spiro atoms. The highest BCUT2D eigenvalue weighted by Crippen LogP contribution is 2.47. The lowest BCUT2D eigenvalue weighted by Crippen LogP contribution is -2.42. The van der Waals surface area contributed by atoms with Crippen LogP contribution in [-0.2, 0) is 25.5 Å². The molecule has 0 atom stereocenters. The normalized spacial score (nSPS) is 25.3. The van der Waals surface area contributed by atoms with Crippen LogP contribution in [0.4, 0.5) is 5.82 Å². The number of morpholine rings is 1. The van der Waals surface area contributed by atoms with Gasteiger partial charge >= 0.3 is 0 Å². The zero-order valence-corrected chi connectivity index (χ0v) is 14.1. The molecule has 1 aromatic rings. The maximum Gasteiger partial charge on any atom is 0.248 e. The minimum Gasteiger partial charge on any atom is -0.370 e. The Labute approximate surface area is 141 Å². The predicted octanol–water partition coefficient (Wildman–Crippen LogP) is 1.40. The highest BCUT2D eigenvalue weighted by Gasteiger charge is 2.39. The van der Waals surface area contributed by atoms with Crippen molar-refractivity contribution in [1.29, 1.82) is 0 Å². The molecule has 1 saturated heterocycles. The Kier molecular flexibility index (Phi) is 4.15. The van der Waals surface area contributed by atoms with Crippen LogP contribution in [0.3, 0.4) is 0 Å². The van der Waals surface area contributed by atoms with Crippen LogP contribution in [0.15, 0.2) is 6.07 Å². The Bertz CT molecular complexity index is 641. The number of hydrogen-bond donors (Lipinski definition) is 1. The monoisotopic (exact) mass is 333 g/mol. The Balaban J connectivity index is 1.69. The van der Waals surface area contributed by atoms with E-state index in [2.05, 4.69) is 11.4 Å². The van der Waals surface area contributed by atoms with E-state index in [9.17, 15) is 4.79 Å². The molecule has 2 fully saturated rings. The van der Waals surface area contributed by atoms with Crippen molar-refractivity contribution >= 4 is 11.7 Å². The topological polar surface area (TPSA) is 72.9 Å². The van der Waals surface area contributed by atoms with Crippen LogP contribution in [0.1, 0.15) is 41.9 Å². The summed E-state index contributed by atoms with van der Waals surface area (Å²) in [6.45, 7) is 1.84. The first-order valence-electron chi connectivity index (χ1n) is 8.41. The number of hydrogen-bond acceptors (Lipinski definition) is 6. The van der Waals surface area contributed by atoms with Crippen molar-refractivity contribution in [3.63, 3.8) is 0 Å². The smallest absolute Gasteiger partial charge is 0.248 e. The number of carbonyl (C=O) groups is 1. The van der Waals surface area contributed by atoms with Crippen LogP contribution in [0.5, 0.6) is 0 Å².